The highest BCUT2D eigenvalue weighted by Gasteiger charge is 2.26. The third kappa shape index (κ3) is 3.67. The lowest BCUT2D eigenvalue weighted by molar-refractivity contribution is 0.0938. The molecule has 2 heterocycles. The first-order valence-corrected chi connectivity index (χ1v) is 10.4. The van der Waals surface area contributed by atoms with Crippen LogP contribution in [0.2, 0.25) is 5.02 Å². The number of halogens is 1. The number of nitrogens with zero attached hydrogens (tertiary/aromatic N) is 1. The number of rotatable bonds is 7. The Morgan fingerprint density at radius 3 is 2.73 bits per heavy atom. The van der Waals surface area contributed by atoms with Crippen molar-refractivity contribution in [1.82, 2.24) is 9.88 Å². The fraction of sp³-hybridized carbons (Fsp3) is 0.348. The number of aromatic nitrogens is 1. The Kier molecular flexibility index (Phi) is 5.77. The van der Waals surface area contributed by atoms with Crippen LogP contribution in [-0.2, 0) is 13.0 Å². The summed E-state index contributed by atoms with van der Waals surface area (Å²) in [6.45, 7) is 3.21. The van der Waals surface area contributed by atoms with Gasteiger partial charge >= 0.3 is 0 Å². The molecule has 0 unspecified atom stereocenters. The highest BCUT2D eigenvalue weighted by Crippen LogP contribution is 2.38. The van der Waals surface area contributed by atoms with Gasteiger partial charge in [0, 0.05) is 11.9 Å². The van der Waals surface area contributed by atoms with Crippen molar-refractivity contribution in [3.05, 3.63) is 52.7 Å². The van der Waals surface area contributed by atoms with E-state index in [9.17, 15) is 4.79 Å². The summed E-state index contributed by atoms with van der Waals surface area (Å²) in [5.74, 6) is 2.02. The first-order valence-electron chi connectivity index (χ1n) is 10.0. The quantitative estimate of drug-likeness (QED) is 0.603. The van der Waals surface area contributed by atoms with Crippen molar-refractivity contribution in [2.45, 2.75) is 32.4 Å². The molecule has 1 atom stereocenters. The van der Waals surface area contributed by atoms with Crippen LogP contribution >= 0.6 is 11.6 Å². The van der Waals surface area contributed by atoms with Gasteiger partial charge in [0.2, 0.25) is 0 Å². The minimum Gasteiger partial charge on any atom is -0.493 e. The van der Waals surface area contributed by atoms with E-state index in [0.29, 0.717) is 41.7 Å². The number of carbonyl (C=O) groups is 1. The zero-order valence-corrected chi connectivity index (χ0v) is 18.1. The van der Waals surface area contributed by atoms with Crippen molar-refractivity contribution in [2.24, 2.45) is 0 Å². The molecule has 7 heteroatoms. The van der Waals surface area contributed by atoms with Gasteiger partial charge in [0.15, 0.2) is 11.5 Å². The molecule has 3 aromatic rings. The van der Waals surface area contributed by atoms with Crippen LogP contribution in [0.15, 0.2) is 36.4 Å². The van der Waals surface area contributed by atoms with E-state index in [0.717, 1.165) is 28.6 Å². The van der Waals surface area contributed by atoms with Crippen molar-refractivity contribution in [3.63, 3.8) is 0 Å². The second kappa shape index (κ2) is 8.48. The van der Waals surface area contributed by atoms with Crippen LogP contribution in [0, 0.1) is 0 Å². The molecule has 6 nitrogen and oxygen atoms in total. The summed E-state index contributed by atoms with van der Waals surface area (Å²) in [6, 6.07) is 11.3. The van der Waals surface area contributed by atoms with Gasteiger partial charge < -0.3 is 24.1 Å². The molecule has 1 amide bonds. The number of methoxy groups -OCH3 is 2. The molecule has 0 spiro atoms. The molecule has 0 aliphatic carbocycles. The number of carbonyl (C=O) groups excluding carboxylic acids is 1. The van der Waals surface area contributed by atoms with Gasteiger partial charge in [-0.3, -0.25) is 4.79 Å². The Balaban J connectivity index is 1.52. The highest BCUT2D eigenvalue weighted by atomic mass is 35.5. The number of nitrogens with one attached hydrogen (secondary N) is 1. The molecule has 1 aliphatic rings. The van der Waals surface area contributed by atoms with Crippen molar-refractivity contribution in [3.8, 4) is 17.2 Å². The third-order valence-electron chi connectivity index (χ3n) is 5.48. The van der Waals surface area contributed by atoms with Crippen molar-refractivity contribution >= 4 is 28.4 Å². The molecule has 4 rings (SSSR count). The second-order valence-electron chi connectivity index (χ2n) is 7.29. The summed E-state index contributed by atoms with van der Waals surface area (Å²) in [6.07, 6.45) is 1.58. The molecule has 2 aromatic carbocycles. The van der Waals surface area contributed by atoms with Gasteiger partial charge in [-0.05, 0) is 48.7 Å². The second-order valence-corrected chi connectivity index (χ2v) is 7.70. The monoisotopic (exact) mass is 428 g/mol. The van der Waals surface area contributed by atoms with Crippen molar-refractivity contribution in [2.75, 3.05) is 20.8 Å². The maximum Gasteiger partial charge on any atom is 0.267 e. The number of hydrogen-bond donors (Lipinski definition) is 1. The molecule has 0 fully saturated rings. The van der Waals surface area contributed by atoms with Crippen LogP contribution in [0.3, 0.4) is 0 Å². The molecule has 0 saturated carbocycles. The van der Waals surface area contributed by atoms with E-state index >= 15 is 0 Å². The predicted octanol–water partition coefficient (Wildman–Crippen LogP) is 4.46. The van der Waals surface area contributed by atoms with E-state index in [1.807, 2.05) is 41.0 Å². The van der Waals surface area contributed by atoms with E-state index in [4.69, 9.17) is 25.8 Å². The van der Waals surface area contributed by atoms with Crippen LogP contribution in [0.4, 0.5) is 0 Å². The highest BCUT2D eigenvalue weighted by molar-refractivity contribution is 6.36. The fourth-order valence-electron chi connectivity index (χ4n) is 3.87. The first kappa shape index (κ1) is 20.4. The maximum atomic E-state index is 13.0. The minimum absolute atomic E-state index is 0.0348. The van der Waals surface area contributed by atoms with Crippen molar-refractivity contribution in [1.29, 1.82) is 0 Å². The van der Waals surface area contributed by atoms with Crippen LogP contribution in [0.25, 0.3) is 10.9 Å². The Bertz CT molecular complexity index is 1090. The van der Waals surface area contributed by atoms with Crippen molar-refractivity contribution < 1.29 is 19.0 Å². The fourth-order valence-corrected chi connectivity index (χ4v) is 4.07. The Morgan fingerprint density at radius 2 is 2.00 bits per heavy atom. The van der Waals surface area contributed by atoms with Crippen LogP contribution in [0.1, 0.15) is 29.4 Å². The van der Waals surface area contributed by atoms with Gasteiger partial charge in [0.1, 0.15) is 17.5 Å². The van der Waals surface area contributed by atoms with E-state index in [1.165, 1.54) is 0 Å². The standard InChI is InChI=1S/C23H25ClN2O4/c1-4-15-13-26-18(12-16-17(24)6-8-20(30-15)22(16)26)23(27)25-10-9-14-5-7-19(28-2)21(11-14)29-3/h5-8,11-12,15H,4,9-10,13H2,1-3H3,(H,25,27)/t15-/m0/s1. The SMILES string of the molecule is CC[C@H]1Cn2c(C(=O)NCCc3ccc(OC)c(OC)c3)cc3c(Cl)ccc(c32)O1. The summed E-state index contributed by atoms with van der Waals surface area (Å²) in [5, 5.41) is 4.49. The first-order chi connectivity index (χ1) is 14.5. The van der Waals surface area contributed by atoms with Gasteiger partial charge in [-0.1, -0.05) is 24.6 Å². The van der Waals surface area contributed by atoms with Crippen LogP contribution in [0.5, 0.6) is 17.2 Å². The molecule has 30 heavy (non-hydrogen) atoms. The summed E-state index contributed by atoms with van der Waals surface area (Å²) in [4.78, 5) is 13.0. The topological polar surface area (TPSA) is 61.7 Å². The summed E-state index contributed by atoms with van der Waals surface area (Å²) in [7, 11) is 3.22. The average Bonchev–Trinajstić information content (AvgIpc) is 3.16. The van der Waals surface area contributed by atoms with Gasteiger partial charge in [0.05, 0.1) is 31.3 Å². The average molecular weight is 429 g/mol. The molecule has 0 saturated heterocycles. The molecule has 0 radical (unpaired) electrons. The Hall–Kier alpha value is -2.86. The largest absolute Gasteiger partial charge is 0.493 e. The lowest BCUT2D eigenvalue weighted by Crippen LogP contribution is -2.32. The summed E-state index contributed by atoms with van der Waals surface area (Å²) >= 11 is 6.39. The smallest absolute Gasteiger partial charge is 0.267 e. The van der Waals surface area contributed by atoms with Crippen LogP contribution < -0.4 is 19.5 Å². The molecular formula is C23H25ClN2O4. The molecule has 1 N–H and O–H groups in total. The minimum atomic E-state index is -0.120. The predicted molar refractivity (Wildman–Crippen MR) is 117 cm³/mol. The Morgan fingerprint density at radius 1 is 1.20 bits per heavy atom. The number of hydrogen-bond acceptors (Lipinski definition) is 4. The normalized spacial score (nSPS) is 15.0. The molecule has 1 aromatic heterocycles. The lowest BCUT2D eigenvalue weighted by atomic mass is 10.1. The van der Waals surface area contributed by atoms with Gasteiger partial charge in [-0.15, -0.1) is 0 Å². The summed E-state index contributed by atoms with van der Waals surface area (Å²) in [5.41, 5.74) is 2.55. The Labute approximate surface area is 180 Å². The number of benzene rings is 2. The van der Waals surface area contributed by atoms with E-state index in [1.54, 1.807) is 14.2 Å². The van der Waals surface area contributed by atoms with E-state index < -0.39 is 0 Å². The third-order valence-corrected chi connectivity index (χ3v) is 5.81. The number of ether oxygens (including phenoxy) is 3. The molecule has 158 valence electrons. The lowest BCUT2D eigenvalue weighted by Gasteiger charge is -2.26. The van der Waals surface area contributed by atoms with E-state index in [2.05, 4.69) is 12.2 Å². The maximum absolute atomic E-state index is 13.0. The van der Waals surface area contributed by atoms with Gasteiger partial charge in [0.25, 0.3) is 5.91 Å². The van der Waals surface area contributed by atoms with Crippen LogP contribution in [-0.4, -0.2) is 37.3 Å². The van der Waals surface area contributed by atoms with Gasteiger partial charge in [-0.25, -0.2) is 0 Å². The number of amides is 1. The van der Waals surface area contributed by atoms with Gasteiger partial charge in [-0.2, -0.15) is 0 Å². The zero-order chi connectivity index (χ0) is 21.3. The summed E-state index contributed by atoms with van der Waals surface area (Å²) < 4.78 is 18.7. The zero-order valence-electron chi connectivity index (χ0n) is 17.3. The molecular weight excluding hydrogens is 404 g/mol. The molecule has 1 aliphatic heterocycles. The molecule has 0 bridgehead atoms. The van der Waals surface area contributed by atoms with E-state index in [-0.39, 0.29) is 12.0 Å².